The van der Waals surface area contributed by atoms with E-state index >= 15 is 0 Å². The molecule has 1 N–H and O–H groups in total. The number of amides is 1. The monoisotopic (exact) mass is 431 g/mol. The highest BCUT2D eigenvalue weighted by Gasteiger charge is 2.39. The van der Waals surface area contributed by atoms with Crippen molar-refractivity contribution < 1.29 is 27.5 Å². The number of para-hydroxylation sites is 1. The quantitative estimate of drug-likeness (QED) is 0.545. The predicted molar refractivity (Wildman–Crippen MR) is 108 cm³/mol. The van der Waals surface area contributed by atoms with Gasteiger partial charge in [0.25, 0.3) is 5.91 Å². The summed E-state index contributed by atoms with van der Waals surface area (Å²) >= 11 is 0. The van der Waals surface area contributed by atoms with Crippen molar-refractivity contribution in [3.63, 3.8) is 0 Å². The Morgan fingerprint density at radius 2 is 1.71 bits per heavy atom. The number of carbonyl (C=O) groups excluding carboxylic acids is 2. The normalized spacial score (nSPS) is 11.3. The Bertz CT molecular complexity index is 1080. The summed E-state index contributed by atoms with van der Waals surface area (Å²) in [5.41, 5.74) is -0.402. The van der Waals surface area contributed by atoms with E-state index in [9.17, 15) is 22.8 Å². The van der Waals surface area contributed by atoms with Crippen molar-refractivity contribution in [1.29, 1.82) is 0 Å². The van der Waals surface area contributed by atoms with Crippen LogP contribution in [0, 0.1) is 6.92 Å². The van der Waals surface area contributed by atoms with Crippen LogP contribution in [0.15, 0.2) is 54.6 Å². The number of benzene rings is 2. The maximum absolute atomic E-state index is 13.6. The average Bonchev–Trinajstić information content (AvgIpc) is 3.08. The van der Waals surface area contributed by atoms with Crippen LogP contribution < -0.4 is 10.1 Å². The fourth-order valence-electron chi connectivity index (χ4n) is 3.00. The van der Waals surface area contributed by atoms with Crippen molar-refractivity contribution in [2.24, 2.45) is 0 Å². The maximum atomic E-state index is 13.6. The van der Waals surface area contributed by atoms with E-state index in [4.69, 9.17) is 4.74 Å². The molecule has 0 atom stereocenters. The van der Waals surface area contributed by atoms with Crippen LogP contribution in [0.1, 0.15) is 35.0 Å². The van der Waals surface area contributed by atoms with Crippen LogP contribution in [0.5, 0.6) is 5.75 Å². The molecule has 0 saturated heterocycles. The average molecular weight is 431 g/mol. The molecule has 0 aliphatic rings. The maximum Gasteiger partial charge on any atom is 0.421 e. The third-order valence-electron chi connectivity index (χ3n) is 4.47. The summed E-state index contributed by atoms with van der Waals surface area (Å²) < 4.78 is 47.2. The SMILES string of the molecule is CCC(=O)c1ccc(OCC(=O)Nc2c(C(F)(F)F)c(C)nn2-c2ccccc2)cc1. The summed E-state index contributed by atoms with van der Waals surface area (Å²) in [6.07, 6.45) is -4.35. The summed E-state index contributed by atoms with van der Waals surface area (Å²) in [7, 11) is 0. The zero-order valence-electron chi connectivity index (χ0n) is 16.9. The topological polar surface area (TPSA) is 73.2 Å². The number of aryl methyl sites for hydroxylation is 1. The molecule has 6 nitrogen and oxygen atoms in total. The molecule has 31 heavy (non-hydrogen) atoms. The van der Waals surface area contributed by atoms with Crippen molar-refractivity contribution in [2.45, 2.75) is 26.4 Å². The number of aromatic nitrogens is 2. The Labute approximate surface area is 176 Å². The summed E-state index contributed by atoms with van der Waals surface area (Å²) in [5.74, 6) is -0.981. The van der Waals surface area contributed by atoms with Gasteiger partial charge in [-0.25, -0.2) is 4.68 Å². The zero-order valence-corrected chi connectivity index (χ0v) is 16.9. The van der Waals surface area contributed by atoms with Crippen LogP contribution in [-0.2, 0) is 11.0 Å². The number of hydrogen-bond donors (Lipinski definition) is 1. The number of rotatable bonds is 7. The third-order valence-corrected chi connectivity index (χ3v) is 4.47. The van der Waals surface area contributed by atoms with Gasteiger partial charge in [0.2, 0.25) is 0 Å². The van der Waals surface area contributed by atoms with Crippen LogP contribution in [0.25, 0.3) is 5.69 Å². The van der Waals surface area contributed by atoms with Crippen LogP contribution in [0.3, 0.4) is 0 Å². The molecule has 162 valence electrons. The molecule has 0 radical (unpaired) electrons. The molecule has 0 spiro atoms. The number of Topliss-reactive ketones (excluding diaryl/α,β-unsaturated/α-hetero) is 1. The van der Waals surface area contributed by atoms with E-state index in [0.717, 1.165) is 4.68 Å². The molecular weight excluding hydrogens is 411 g/mol. The highest BCUT2D eigenvalue weighted by molar-refractivity contribution is 5.96. The molecule has 1 heterocycles. The fraction of sp³-hybridized carbons (Fsp3) is 0.227. The van der Waals surface area contributed by atoms with Gasteiger partial charge in [-0.15, -0.1) is 0 Å². The van der Waals surface area contributed by atoms with Gasteiger partial charge in [-0.3, -0.25) is 9.59 Å². The van der Waals surface area contributed by atoms with E-state index in [-0.39, 0.29) is 11.5 Å². The molecule has 0 saturated carbocycles. The molecule has 9 heteroatoms. The zero-order chi connectivity index (χ0) is 22.6. The minimum absolute atomic E-state index is 0.0338. The first-order chi connectivity index (χ1) is 14.7. The first-order valence-electron chi connectivity index (χ1n) is 9.49. The van der Waals surface area contributed by atoms with Gasteiger partial charge in [0, 0.05) is 12.0 Å². The Balaban J connectivity index is 1.79. The van der Waals surface area contributed by atoms with Gasteiger partial charge < -0.3 is 10.1 Å². The summed E-state index contributed by atoms with van der Waals surface area (Å²) in [5, 5.41) is 6.24. The largest absolute Gasteiger partial charge is 0.484 e. The van der Waals surface area contributed by atoms with E-state index < -0.39 is 30.1 Å². The van der Waals surface area contributed by atoms with Gasteiger partial charge in [0.1, 0.15) is 17.1 Å². The minimum Gasteiger partial charge on any atom is -0.484 e. The van der Waals surface area contributed by atoms with E-state index in [1.54, 1.807) is 49.4 Å². The smallest absolute Gasteiger partial charge is 0.421 e. The van der Waals surface area contributed by atoms with E-state index in [2.05, 4.69) is 10.4 Å². The number of halogens is 3. The predicted octanol–water partition coefficient (Wildman–Crippen LogP) is 4.81. The summed E-state index contributed by atoms with van der Waals surface area (Å²) in [6, 6.07) is 14.4. The van der Waals surface area contributed by atoms with Gasteiger partial charge in [0.05, 0.1) is 11.4 Å². The van der Waals surface area contributed by atoms with Crippen molar-refractivity contribution in [2.75, 3.05) is 11.9 Å². The van der Waals surface area contributed by atoms with E-state index in [0.29, 0.717) is 23.4 Å². The number of nitrogens with one attached hydrogen (secondary N) is 1. The molecule has 1 amide bonds. The molecule has 1 aromatic heterocycles. The summed E-state index contributed by atoms with van der Waals surface area (Å²) in [6.45, 7) is 2.46. The molecule has 0 fully saturated rings. The molecule has 0 unspecified atom stereocenters. The Morgan fingerprint density at radius 1 is 1.06 bits per heavy atom. The minimum atomic E-state index is -4.71. The Kier molecular flexibility index (Phi) is 6.43. The lowest BCUT2D eigenvalue weighted by atomic mass is 10.1. The van der Waals surface area contributed by atoms with Crippen LogP contribution in [0.2, 0.25) is 0 Å². The molecule has 0 aliphatic heterocycles. The molecule has 2 aromatic carbocycles. The van der Waals surface area contributed by atoms with Crippen molar-refractivity contribution in [3.8, 4) is 11.4 Å². The molecular formula is C22H20F3N3O3. The second-order valence-corrected chi connectivity index (χ2v) is 6.69. The van der Waals surface area contributed by atoms with Crippen LogP contribution in [0.4, 0.5) is 19.0 Å². The first-order valence-corrected chi connectivity index (χ1v) is 9.49. The first kappa shape index (κ1) is 22.1. The standard InChI is InChI=1S/C22H20F3N3O3/c1-3-18(29)15-9-11-17(12-10-15)31-13-19(30)26-21-20(22(23,24)25)14(2)27-28(21)16-7-5-4-6-8-16/h4-12H,3,13H2,1-2H3,(H,26,30). The highest BCUT2D eigenvalue weighted by atomic mass is 19.4. The van der Waals surface area contributed by atoms with Crippen molar-refractivity contribution in [3.05, 3.63) is 71.4 Å². The fourth-order valence-corrected chi connectivity index (χ4v) is 3.00. The van der Waals surface area contributed by atoms with Crippen molar-refractivity contribution in [1.82, 2.24) is 9.78 Å². The number of hydrogen-bond acceptors (Lipinski definition) is 4. The number of anilines is 1. The third kappa shape index (κ3) is 5.11. The summed E-state index contributed by atoms with van der Waals surface area (Å²) in [4.78, 5) is 24.0. The number of carbonyl (C=O) groups is 2. The van der Waals surface area contributed by atoms with Gasteiger partial charge in [-0.1, -0.05) is 25.1 Å². The lowest BCUT2D eigenvalue weighted by Crippen LogP contribution is -2.24. The second-order valence-electron chi connectivity index (χ2n) is 6.69. The second kappa shape index (κ2) is 9.03. The Morgan fingerprint density at radius 3 is 2.29 bits per heavy atom. The lowest BCUT2D eigenvalue weighted by Gasteiger charge is -2.13. The number of alkyl halides is 3. The van der Waals surface area contributed by atoms with Gasteiger partial charge in [0.15, 0.2) is 12.4 Å². The number of ether oxygens (including phenoxy) is 1. The number of nitrogens with zero attached hydrogens (tertiary/aromatic N) is 2. The van der Waals surface area contributed by atoms with Gasteiger partial charge >= 0.3 is 6.18 Å². The molecule has 3 rings (SSSR count). The lowest BCUT2D eigenvalue weighted by molar-refractivity contribution is -0.137. The van der Waals surface area contributed by atoms with Crippen molar-refractivity contribution >= 4 is 17.5 Å². The Hall–Kier alpha value is -3.62. The van der Waals surface area contributed by atoms with Gasteiger partial charge in [-0.2, -0.15) is 18.3 Å². The number of ketones is 1. The van der Waals surface area contributed by atoms with Crippen LogP contribution in [-0.4, -0.2) is 28.1 Å². The molecule has 0 bridgehead atoms. The van der Waals surface area contributed by atoms with E-state index in [1.807, 2.05) is 0 Å². The highest BCUT2D eigenvalue weighted by Crippen LogP contribution is 2.38. The molecule has 3 aromatic rings. The van der Waals surface area contributed by atoms with Crippen LogP contribution >= 0.6 is 0 Å². The molecule has 0 aliphatic carbocycles. The van der Waals surface area contributed by atoms with Gasteiger partial charge in [-0.05, 0) is 43.3 Å². The van der Waals surface area contributed by atoms with E-state index in [1.165, 1.54) is 19.1 Å².